The summed E-state index contributed by atoms with van der Waals surface area (Å²) in [7, 11) is 0. The van der Waals surface area contributed by atoms with Crippen molar-refractivity contribution in [2.24, 2.45) is 0 Å². The lowest BCUT2D eigenvalue weighted by molar-refractivity contribution is -0.116. The van der Waals surface area contributed by atoms with Gasteiger partial charge >= 0.3 is 0 Å². The number of nitrogen functional groups attached to an aromatic ring is 1. The van der Waals surface area contributed by atoms with Crippen LogP contribution in [0.5, 0.6) is 5.75 Å². The first-order chi connectivity index (χ1) is 10.1. The number of amides is 1. The van der Waals surface area contributed by atoms with Crippen LogP contribution < -0.4 is 15.8 Å². The first kappa shape index (κ1) is 15.3. The van der Waals surface area contributed by atoms with Gasteiger partial charge in [-0.25, -0.2) is 4.39 Å². The van der Waals surface area contributed by atoms with Gasteiger partial charge in [0, 0.05) is 4.47 Å². The van der Waals surface area contributed by atoms with Crippen molar-refractivity contribution in [1.82, 2.24) is 0 Å². The minimum atomic E-state index is -0.467. The monoisotopic (exact) mass is 352 g/mol. The molecule has 0 atom stereocenters. The minimum Gasteiger partial charge on any atom is -0.490 e. The van der Waals surface area contributed by atoms with Gasteiger partial charge in [0.2, 0.25) is 5.91 Å². The van der Waals surface area contributed by atoms with Gasteiger partial charge in [-0.05, 0) is 30.3 Å². The molecule has 4 nitrogen and oxygen atoms in total. The molecular weight excluding hydrogens is 339 g/mol. The van der Waals surface area contributed by atoms with Crippen LogP contribution in [0.25, 0.3) is 0 Å². The van der Waals surface area contributed by atoms with Gasteiger partial charge in [-0.1, -0.05) is 28.1 Å². The Morgan fingerprint density at radius 2 is 2.05 bits per heavy atom. The highest BCUT2D eigenvalue weighted by molar-refractivity contribution is 9.10. The maximum Gasteiger partial charge on any atom is 0.227 e. The number of carbonyl (C=O) groups excluding carboxylic acids is 1. The Bertz CT molecular complexity index is 649. The predicted molar refractivity (Wildman–Crippen MR) is 83.7 cm³/mol. The Balaban J connectivity index is 1.85. The molecule has 21 heavy (non-hydrogen) atoms. The lowest BCUT2D eigenvalue weighted by Crippen LogP contribution is -2.16. The SMILES string of the molecule is Nc1ccccc1NC(=O)CCOc1cc(Br)ccc1F. The molecule has 2 aromatic carbocycles. The van der Waals surface area contributed by atoms with Crippen molar-refractivity contribution in [2.75, 3.05) is 17.7 Å². The van der Waals surface area contributed by atoms with Crippen LogP contribution in [0.4, 0.5) is 15.8 Å². The smallest absolute Gasteiger partial charge is 0.227 e. The highest BCUT2D eigenvalue weighted by Crippen LogP contribution is 2.22. The van der Waals surface area contributed by atoms with Gasteiger partial charge in [-0.15, -0.1) is 0 Å². The third kappa shape index (κ3) is 4.46. The van der Waals surface area contributed by atoms with Gasteiger partial charge in [0.25, 0.3) is 0 Å². The van der Waals surface area contributed by atoms with Crippen LogP contribution in [0.3, 0.4) is 0 Å². The molecule has 0 fully saturated rings. The Morgan fingerprint density at radius 1 is 1.29 bits per heavy atom. The van der Waals surface area contributed by atoms with E-state index in [1.165, 1.54) is 12.1 Å². The molecule has 0 heterocycles. The van der Waals surface area contributed by atoms with E-state index in [0.717, 1.165) is 0 Å². The number of hydrogen-bond acceptors (Lipinski definition) is 3. The van der Waals surface area contributed by atoms with Crippen molar-refractivity contribution in [3.63, 3.8) is 0 Å². The molecule has 110 valence electrons. The zero-order valence-electron chi connectivity index (χ0n) is 11.1. The van der Waals surface area contributed by atoms with Crippen molar-refractivity contribution in [1.29, 1.82) is 0 Å². The summed E-state index contributed by atoms with van der Waals surface area (Å²) in [6.45, 7) is 0.0753. The maximum absolute atomic E-state index is 13.4. The molecule has 0 aliphatic rings. The minimum absolute atomic E-state index is 0.0753. The molecule has 3 N–H and O–H groups in total. The Kier molecular flexibility index (Phi) is 5.16. The van der Waals surface area contributed by atoms with E-state index in [9.17, 15) is 9.18 Å². The molecule has 2 rings (SSSR count). The van der Waals surface area contributed by atoms with E-state index in [-0.39, 0.29) is 24.7 Å². The molecule has 0 unspecified atom stereocenters. The molecule has 6 heteroatoms. The standard InChI is InChI=1S/C15H14BrFN2O2/c16-10-5-6-11(17)14(9-10)21-8-7-15(20)19-13-4-2-1-3-12(13)18/h1-6,9H,7-8,18H2,(H,19,20). The molecule has 0 saturated carbocycles. The quantitative estimate of drug-likeness (QED) is 0.808. The highest BCUT2D eigenvalue weighted by Gasteiger charge is 2.07. The third-order valence-electron chi connectivity index (χ3n) is 2.71. The number of halogens is 2. The number of benzene rings is 2. The van der Waals surface area contributed by atoms with E-state index in [4.69, 9.17) is 10.5 Å². The van der Waals surface area contributed by atoms with E-state index >= 15 is 0 Å². The molecule has 0 radical (unpaired) electrons. The number of ether oxygens (including phenoxy) is 1. The van der Waals surface area contributed by atoms with Crippen molar-refractivity contribution in [3.05, 3.63) is 52.8 Å². The number of hydrogen-bond donors (Lipinski definition) is 2. The van der Waals surface area contributed by atoms with E-state index in [1.54, 1.807) is 30.3 Å². The fourth-order valence-corrected chi connectivity index (χ4v) is 2.01. The Morgan fingerprint density at radius 3 is 2.81 bits per heavy atom. The molecule has 0 aromatic heterocycles. The average Bonchev–Trinajstić information content (AvgIpc) is 2.45. The van der Waals surface area contributed by atoms with Crippen molar-refractivity contribution in [2.45, 2.75) is 6.42 Å². The number of rotatable bonds is 5. The molecule has 1 amide bonds. The van der Waals surface area contributed by atoms with Crippen LogP contribution >= 0.6 is 15.9 Å². The number of carbonyl (C=O) groups is 1. The van der Waals surface area contributed by atoms with Crippen LogP contribution in [-0.2, 0) is 4.79 Å². The lowest BCUT2D eigenvalue weighted by Gasteiger charge is -2.09. The van der Waals surface area contributed by atoms with Crippen LogP contribution in [0.2, 0.25) is 0 Å². The predicted octanol–water partition coefficient (Wildman–Crippen LogP) is 3.58. The Hall–Kier alpha value is -2.08. The summed E-state index contributed by atoms with van der Waals surface area (Å²) in [5, 5.41) is 2.68. The second-order valence-electron chi connectivity index (χ2n) is 4.31. The summed E-state index contributed by atoms with van der Waals surface area (Å²) in [6.07, 6.45) is 0.0975. The normalized spacial score (nSPS) is 10.2. The average molecular weight is 353 g/mol. The second-order valence-corrected chi connectivity index (χ2v) is 5.22. The summed E-state index contributed by atoms with van der Waals surface area (Å²) in [5.74, 6) is -0.606. The van der Waals surface area contributed by atoms with Crippen molar-refractivity contribution < 1.29 is 13.9 Å². The first-order valence-corrected chi connectivity index (χ1v) is 7.08. The maximum atomic E-state index is 13.4. The zero-order valence-corrected chi connectivity index (χ0v) is 12.7. The van der Waals surface area contributed by atoms with Crippen LogP contribution in [0.15, 0.2) is 46.9 Å². The molecule has 0 saturated heterocycles. The van der Waals surface area contributed by atoms with E-state index in [0.29, 0.717) is 15.8 Å². The summed E-state index contributed by atoms with van der Waals surface area (Å²) in [4.78, 5) is 11.8. The van der Waals surface area contributed by atoms with Crippen LogP contribution in [-0.4, -0.2) is 12.5 Å². The number of para-hydroxylation sites is 2. The number of anilines is 2. The second kappa shape index (κ2) is 7.08. The van der Waals surface area contributed by atoms with Gasteiger partial charge in [-0.2, -0.15) is 0 Å². The van der Waals surface area contributed by atoms with Gasteiger partial charge in [0.05, 0.1) is 24.4 Å². The van der Waals surface area contributed by atoms with Gasteiger partial charge in [0.15, 0.2) is 11.6 Å². The van der Waals surface area contributed by atoms with Crippen LogP contribution in [0.1, 0.15) is 6.42 Å². The van der Waals surface area contributed by atoms with E-state index in [1.807, 2.05) is 0 Å². The summed E-state index contributed by atoms with van der Waals surface area (Å²) in [5.41, 5.74) is 6.77. The summed E-state index contributed by atoms with van der Waals surface area (Å²) >= 11 is 3.23. The van der Waals surface area contributed by atoms with Crippen molar-refractivity contribution >= 4 is 33.2 Å². The van der Waals surface area contributed by atoms with Gasteiger partial charge in [-0.3, -0.25) is 4.79 Å². The fraction of sp³-hybridized carbons (Fsp3) is 0.133. The molecule has 0 bridgehead atoms. The largest absolute Gasteiger partial charge is 0.490 e. The van der Waals surface area contributed by atoms with Crippen molar-refractivity contribution in [3.8, 4) is 5.75 Å². The van der Waals surface area contributed by atoms with E-state index in [2.05, 4.69) is 21.2 Å². The Labute approximate surface area is 130 Å². The van der Waals surface area contributed by atoms with Crippen LogP contribution in [0, 0.1) is 5.82 Å². The number of nitrogens with two attached hydrogens (primary N) is 1. The fourth-order valence-electron chi connectivity index (χ4n) is 1.67. The van der Waals surface area contributed by atoms with Gasteiger partial charge < -0.3 is 15.8 Å². The zero-order chi connectivity index (χ0) is 15.2. The van der Waals surface area contributed by atoms with Gasteiger partial charge in [0.1, 0.15) is 0 Å². The highest BCUT2D eigenvalue weighted by atomic mass is 79.9. The topological polar surface area (TPSA) is 64.3 Å². The molecule has 0 spiro atoms. The molecule has 0 aliphatic carbocycles. The molecule has 0 aliphatic heterocycles. The molecule has 2 aromatic rings. The van der Waals surface area contributed by atoms with E-state index < -0.39 is 5.82 Å². The molecular formula is C15H14BrFN2O2. The summed E-state index contributed by atoms with van der Waals surface area (Å²) < 4.78 is 19.4. The summed E-state index contributed by atoms with van der Waals surface area (Å²) in [6, 6.07) is 11.4. The number of nitrogens with one attached hydrogen (secondary N) is 1. The lowest BCUT2D eigenvalue weighted by atomic mass is 10.2. The third-order valence-corrected chi connectivity index (χ3v) is 3.21. The first-order valence-electron chi connectivity index (χ1n) is 6.28.